The Hall–Kier alpha value is -2.39. The van der Waals surface area contributed by atoms with E-state index < -0.39 is 15.1 Å². The molecule has 0 fully saturated rings. The fourth-order valence-corrected chi connectivity index (χ4v) is 4.58. The molecule has 0 spiro atoms. The van der Waals surface area contributed by atoms with Gasteiger partial charge in [0.05, 0.1) is 10.1 Å². The molecule has 0 amide bonds. The van der Waals surface area contributed by atoms with Crippen molar-refractivity contribution in [2.24, 2.45) is 0 Å². The van der Waals surface area contributed by atoms with Gasteiger partial charge in [-0.15, -0.1) is 0 Å². The van der Waals surface area contributed by atoms with Gasteiger partial charge in [0.1, 0.15) is 0 Å². The summed E-state index contributed by atoms with van der Waals surface area (Å²) in [4.78, 5) is 0.367. The van der Waals surface area contributed by atoms with Crippen LogP contribution in [0.25, 0.3) is 0 Å². The number of rotatable bonds is 5. The highest BCUT2D eigenvalue weighted by molar-refractivity contribution is 7.91. The molecule has 0 N–H and O–H groups in total. The van der Waals surface area contributed by atoms with Gasteiger partial charge in [0, 0.05) is 0 Å². The highest BCUT2D eigenvalue weighted by atomic mass is 32.2. The van der Waals surface area contributed by atoms with Gasteiger partial charge in [-0.25, -0.2) is 8.42 Å². The predicted octanol–water partition coefficient (Wildman–Crippen LogP) is 4.75. The van der Waals surface area contributed by atoms with Gasteiger partial charge in [-0.2, -0.15) is 0 Å². The first-order chi connectivity index (χ1) is 11.6. The minimum atomic E-state index is -3.46. The summed E-state index contributed by atoms with van der Waals surface area (Å²) in [7, 11) is -3.46. The molecule has 1 atom stereocenters. The maximum atomic E-state index is 13.2. The summed E-state index contributed by atoms with van der Waals surface area (Å²) in [5, 5.41) is -0.594. The fraction of sp³-hybridized carbons (Fsp3) is 0.143. The third-order valence-electron chi connectivity index (χ3n) is 4.16. The van der Waals surface area contributed by atoms with Gasteiger partial charge >= 0.3 is 0 Å². The third kappa shape index (κ3) is 3.57. The number of benzene rings is 3. The topological polar surface area (TPSA) is 34.1 Å². The van der Waals surface area contributed by atoms with Crippen molar-refractivity contribution in [3.05, 3.63) is 102 Å². The Kier molecular flexibility index (Phi) is 4.81. The average Bonchev–Trinajstić information content (AvgIpc) is 2.62. The number of aryl methyl sites for hydroxylation is 1. The van der Waals surface area contributed by atoms with Crippen molar-refractivity contribution < 1.29 is 8.42 Å². The Bertz CT molecular complexity index is 884. The number of sulfone groups is 1. The number of hydrogen-bond donors (Lipinski definition) is 0. The molecule has 3 aromatic carbocycles. The molecule has 0 aliphatic heterocycles. The van der Waals surface area contributed by atoms with Crippen LogP contribution in [0.3, 0.4) is 0 Å². The van der Waals surface area contributed by atoms with Crippen LogP contribution in [0, 0.1) is 6.92 Å². The zero-order chi connectivity index (χ0) is 17.0. The second kappa shape index (κ2) is 7.02. The van der Waals surface area contributed by atoms with E-state index in [0.717, 1.165) is 11.1 Å². The summed E-state index contributed by atoms with van der Waals surface area (Å²) in [5.74, 6) is 0. The highest BCUT2D eigenvalue weighted by Gasteiger charge is 2.29. The van der Waals surface area contributed by atoms with Gasteiger partial charge in [-0.1, -0.05) is 78.4 Å². The lowest BCUT2D eigenvalue weighted by Crippen LogP contribution is -2.16. The molecule has 0 heterocycles. The fourth-order valence-electron chi connectivity index (χ4n) is 2.79. The van der Waals surface area contributed by atoms with Gasteiger partial charge in [0.2, 0.25) is 0 Å². The zero-order valence-corrected chi connectivity index (χ0v) is 14.4. The predicted molar refractivity (Wildman–Crippen MR) is 97.7 cm³/mol. The molecule has 0 bridgehead atoms. The molecule has 1 unspecified atom stereocenters. The lowest BCUT2D eigenvalue weighted by molar-refractivity contribution is 0.581. The van der Waals surface area contributed by atoms with Crippen LogP contribution in [0.15, 0.2) is 89.8 Å². The molecule has 122 valence electrons. The third-order valence-corrected chi connectivity index (χ3v) is 6.28. The minimum Gasteiger partial charge on any atom is -0.223 e. The van der Waals surface area contributed by atoms with Crippen molar-refractivity contribution in [2.75, 3.05) is 0 Å². The standard InChI is InChI=1S/C21H20O2S/c1-17-12-14-18(15-13-17)16-21(19-8-4-2-5-9-19)24(22,23)20-10-6-3-7-11-20/h2-15,21H,16H2,1H3. The monoisotopic (exact) mass is 336 g/mol. The molecule has 3 aromatic rings. The highest BCUT2D eigenvalue weighted by Crippen LogP contribution is 2.32. The SMILES string of the molecule is Cc1ccc(CC(c2ccccc2)S(=O)(=O)c2ccccc2)cc1. The van der Waals surface area contributed by atoms with Crippen LogP contribution in [-0.2, 0) is 16.3 Å². The van der Waals surface area contributed by atoms with Gasteiger partial charge in [0.15, 0.2) is 9.84 Å². The van der Waals surface area contributed by atoms with Crippen molar-refractivity contribution in [1.82, 2.24) is 0 Å². The molecule has 0 saturated heterocycles. The van der Waals surface area contributed by atoms with Gasteiger partial charge < -0.3 is 0 Å². The van der Waals surface area contributed by atoms with Crippen LogP contribution >= 0.6 is 0 Å². The summed E-state index contributed by atoms with van der Waals surface area (Å²) >= 11 is 0. The lowest BCUT2D eigenvalue weighted by Gasteiger charge is -2.19. The van der Waals surface area contributed by atoms with E-state index in [0.29, 0.717) is 11.3 Å². The molecular formula is C21H20O2S. The van der Waals surface area contributed by atoms with E-state index in [1.807, 2.05) is 67.6 Å². The zero-order valence-electron chi connectivity index (χ0n) is 13.6. The van der Waals surface area contributed by atoms with E-state index >= 15 is 0 Å². The Labute approximate surface area is 143 Å². The van der Waals surface area contributed by atoms with Crippen molar-refractivity contribution >= 4 is 9.84 Å². The van der Waals surface area contributed by atoms with E-state index in [9.17, 15) is 8.42 Å². The molecule has 2 nitrogen and oxygen atoms in total. The molecule has 0 aliphatic carbocycles. The second-order valence-corrected chi connectivity index (χ2v) is 8.08. The van der Waals surface area contributed by atoms with Crippen LogP contribution in [0.4, 0.5) is 0 Å². The van der Waals surface area contributed by atoms with E-state index in [4.69, 9.17) is 0 Å². The molecule has 0 saturated carbocycles. The number of hydrogen-bond acceptors (Lipinski definition) is 2. The normalized spacial score (nSPS) is 12.7. The summed E-state index contributed by atoms with van der Waals surface area (Å²) in [6.45, 7) is 2.03. The van der Waals surface area contributed by atoms with Crippen molar-refractivity contribution in [1.29, 1.82) is 0 Å². The van der Waals surface area contributed by atoms with Crippen LogP contribution < -0.4 is 0 Å². The van der Waals surface area contributed by atoms with Gasteiger partial charge in [-0.05, 0) is 36.6 Å². The molecular weight excluding hydrogens is 316 g/mol. The molecule has 0 aliphatic rings. The Morgan fingerprint density at radius 3 is 1.88 bits per heavy atom. The maximum Gasteiger partial charge on any atom is 0.185 e. The van der Waals surface area contributed by atoms with E-state index in [2.05, 4.69) is 0 Å². The lowest BCUT2D eigenvalue weighted by atomic mass is 10.0. The second-order valence-electron chi connectivity index (χ2n) is 5.95. The van der Waals surface area contributed by atoms with Crippen molar-refractivity contribution in [3.63, 3.8) is 0 Å². The van der Waals surface area contributed by atoms with Crippen molar-refractivity contribution in [2.45, 2.75) is 23.5 Å². The smallest absolute Gasteiger partial charge is 0.185 e. The van der Waals surface area contributed by atoms with Gasteiger partial charge in [0.25, 0.3) is 0 Å². The summed E-state index contributed by atoms with van der Waals surface area (Å²) in [6.07, 6.45) is 0.460. The average molecular weight is 336 g/mol. The molecule has 3 heteroatoms. The van der Waals surface area contributed by atoms with Gasteiger partial charge in [-0.3, -0.25) is 0 Å². The maximum absolute atomic E-state index is 13.2. The molecule has 24 heavy (non-hydrogen) atoms. The molecule has 0 radical (unpaired) electrons. The minimum absolute atomic E-state index is 0.367. The first-order valence-electron chi connectivity index (χ1n) is 7.97. The Balaban J connectivity index is 2.04. The van der Waals surface area contributed by atoms with E-state index in [-0.39, 0.29) is 0 Å². The van der Waals surface area contributed by atoms with Crippen LogP contribution in [0.1, 0.15) is 21.9 Å². The van der Waals surface area contributed by atoms with E-state index in [1.54, 1.807) is 24.3 Å². The Morgan fingerprint density at radius 2 is 1.29 bits per heavy atom. The summed E-state index contributed by atoms with van der Waals surface area (Å²) in [5.41, 5.74) is 3.01. The first-order valence-corrected chi connectivity index (χ1v) is 9.51. The van der Waals surface area contributed by atoms with Crippen LogP contribution in [-0.4, -0.2) is 8.42 Å². The molecule has 3 rings (SSSR count). The Morgan fingerprint density at radius 1 is 0.750 bits per heavy atom. The quantitative estimate of drug-likeness (QED) is 0.673. The first kappa shape index (κ1) is 16.5. The van der Waals surface area contributed by atoms with Crippen LogP contribution in [0.2, 0.25) is 0 Å². The largest absolute Gasteiger partial charge is 0.223 e. The molecule has 0 aromatic heterocycles. The van der Waals surface area contributed by atoms with Crippen LogP contribution in [0.5, 0.6) is 0 Å². The van der Waals surface area contributed by atoms with Crippen molar-refractivity contribution in [3.8, 4) is 0 Å². The summed E-state index contributed by atoms with van der Waals surface area (Å²) in [6, 6.07) is 26.2. The summed E-state index contributed by atoms with van der Waals surface area (Å²) < 4.78 is 26.4. The van der Waals surface area contributed by atoms with E-state index in [1.165, 1.54) is 5.56 Å².